The summed E-state index contributed by atoms with van der Waals surface area (Å²) in [6.07, 6.45) is 43.9. The highest BCUT2D eigenvalue weighted by Gasteiger charge is 2.11. The lowest BCUT2D eigenvalue weighted by atomic mass is 10.1. The van der Waals surface area contributed by atoms with Crippen molar-refractivity contribution in [3.05, 3.63) is 60.2 Å². The molecule has 0 atom stereocenters. The highest BCUT2D eigenvalue weighted by molar-refractivity contribution is 5.89. The number of rotatable bonds is 35. The van der Waals surface area contributed by atoms with Gasteiger partial charge in [0.15, 0.2) is 24.8 Å². The van der Waals surface area contributed by atoms with Crippen LogP contribution in [0.3, 0.4) is 0 Å². The second kappa shape index (κ2) is 38.6. The number of aryl methyl sites for hydroxylation is 2. The molecule has 0 unspecified atom stereocenters. The summed E-state index contributed by atoms with van der Waals surface area (Å²) in [5.74, 6) is -0.519. The Kier molecular flexibility index (Phi) is 37.6. The fraction of sp³-hybridized carbons (Fsp3) is 0.739. The molecule has 2 aromatic rings. The lowest BCUT2D eigenvalue weighted by Crippen LogP contribution is -3.00. The number of hydrogen-bond acceptors (Lipinski definition) is 4. The molecule has 2 heterocycles. The standard InChI is InChI=1S/C46H78N2O4.2HI/c1-3-5-7-9-11-13-15-17-19-21-23-27-35-47-37-31-43(32-38-47)45(49)51-41-29-25-26-30-42-52-46(50)44-33-39-48(40-34-44)36-28-24-22-20-18-16-14-12-10-8-6-4-2;;/h31-34,37-40H,3-30,35-36,41-42H2,1-2H3;2*1H/q+2;;/p-2. The van der Waals surface area contributed by atoms with Crippen LogP contribution in [0, 0.1) is 0 Å². The topological polar surface area (TPSA) is 60.4 Å². The van der Waals surface area contributed by atoms with Crippen LogP contribution < -0.4 is 57.1 Å². The summed E-state index contributed by atoms with van der Waals surface area (Å²) in [6.45, 7) is 7.36. The summed E-state index contributed by atoms with van der Waals surface area (Å²) in [5, 5.41) is 0. The molecule has 0 fully saturated rings. The molecule has 0 spiro atoms. The van der Waals surface area contributed by atoms with Crippen LogP contribution in [0.15, 0.2) is 49.1 Å². The number of unbranched alkanes of at least 4 members (excludes halogenated alkanes) is 25. The molecule has 6 nitrogen and oxygen atoms in total. The highest BCUT2D eigenvalue weighted by Crippen LogP contribution is 2.13. The van der Waals surface area contributed by atoms with Crippen molar-refractivity contribution < 1.29 is 76.2 Å². The molecule has 0 bridgehead atoms. The zero-order valence-corrected chi connectivity index (χ0v) is 38.8. The maximum Gasteiger partial charge on any atom is 0.338 e. The predicted octanol–water partition coefficient (Wildman–Crippen LogP) is 6.25. The second-order valence-corrected chi connectivity index (χ2v) is 15.1. The van der Waals surface area contributed by atoms with Crippen molar-refractivity contribution in [1.29, 1.82) is 0 Å². The van der Waals surface area contributed by atoms with E-state index in [0.717, 1.165) is 38.8 Å². The van der Waals surface area contributed by atoms with E-state index in [0.29, 0.717) is 24.3 Å². The highest BCUT2D eigenvalue weighted by atomic mass is 127. The zero-order chi connectivity index (χ0) is 37.2. The van der Waals surface area contributed by atoms with E-state index in [1.807, 2.05) is 49.1 Å². The van der Waals surface area contributed by atoms with E-state index >= 15 is 0 Å². The first-order valence-corrected chi connectivity index (χ1v) is 22.0. The number of aromatic nitrogens is 2. The number of nitrogens with zero attached hydrogens (tertiary/aromatic N) is 2. The molecule has 8 heteroatoms. The summed E-state index contributed by atoms with van der Waals surface area (Å²) in [7, 11) is 0. The number of carbonyl (C=O) groups is 2. The maximum atomic E-state index is 12.5. The van der Waals surface area contributed by atoms with Gasteiger partial charge in [0.2, 0.25) is 0 Å². The zero-order valence-electron chi connectivity index (χ0n) is 34.5. The molecule has 2 aromatic heterocycles. The van der Waals surface area contributed by atoms with Gasteiger partial charge in [-0.15, -0.1) is 0 Å². The number of pyridine rings is 2. The summed E-state index contributed by atoms with van der Waals surface area (Å²) in [6, 6.07) is 7.46. The summed E-state index contributed by atoms with van der Waals surface area (Å²) in [4.78, 5) is 24.9. The van der Waals surface area contributed by atoms with Crippen LogP contribution >= 0.6 is 0 Å². The van der Waals surface area contributed by atoms with Gasteiger partial charge in [-0.3, -0.25) is 0 Å². The Morgan fingerprint density at radius 1 is 0.389 bits per heavy atom. The average Bonchev–Trinajstić information content (AvgIpc) is 3.17. The van der Waals surface area contributed by atoms with Gasteiger partial charge < -0.3 is 57.4 Å². The van der Waals surface area contributed by atoms with Gasteiger partial charge in [0.25, 0.3) is 0 Å². The average molecular weight is 977 g/mol. The van der Waals surface area contributed by atoms with Crippen LogP contribution in [0.1, 0.15) is 214 Å². The molecule has 2 rings (SSSR count). The van der Waals surface area contributed by atoms with E-state index < -0.39 is 0 Å². The summed E-state index contributed by atoms with van der Waals surface area (Å²) in [5.41, 5.74) is 1.21. The molecule has 0 saturated carbocycles. The van der Waals surface area contributed by atoms with Gasteiger partial charge in [-0.1, -0.05) is 142 Å². The minimum atomic E-state index is -0.260. The van der Waals surface area contributed by atoms with Crippen LogP contribution in [-0.4, -0.2) is 25.2 Å². The minimum absolute atomic E-state index is 0. The molecule has 0 aliphatic rings. The largest absolute Gasteiger partial charge is 1.00 e. The Morgan fingerprint density at radius 3 is 0.907 bits per heavy atom. The van der Waals surface area contributed by atoms with Crippen molar-refractivity contribution in [3.63, 3.8) is 0 Å². The molecule has 54 heavy (non-hydrogen) atoms. The number of esters is 2. The number of hydrogen-bond donors (Lipinski definition) is 0. The van der Waals surface area contributed by atoms with E-state index in [-0.39, 0.29) is 59.9 Å². The molecular weight excluding hydrogens is 898 g/mol. The quantitative estimate of drug-likeness (QED) is 0.0356. The van der Waals surface area contributed by atoms with Gasteiger partial charge in [-0.2, -0.15) is 0 Å². The molecule has 0 aliphatic heterocycles. The third-order valence-corrected chi connectivity index (χ3v) is 10.3. The predicted molar refractivity (Wildman–Crippen MR) is 214 cm³/mol. The SMILES string of the molecule is CCCCCCCCCCCCCC[n+]1ccc(C(=O)OCCCCCCOC(=O)c2cc[n+](CCCCCCCCCCCCCC)cc2)cc1.[I-].[I-]. The van der Waals surface area contributed by atoms with Crippen LogP contribution in [0.2, 0.25) is 0 Å². The van der Waals surface area contributed by atoms with Gasteiger partial charge in [0.1, 0.15) is 13.1 Å². The molecule has 0 radical (unpaired) electrons. The number of carbonyl (C=O) groups excluding carboxylic acids is 2. The molecule has 0 saturated heterocycles. The fourth-order valence-electron chi connectivity index (χ4n) is 6.81. The van der Waals surface area contributed by atoms with Gasteiger partial charge in [-0.05, 0) is 38.5 Å². The third-order valence-electron chi connectivity index (χ3n) is 10.3. The second-order valence-electron chi connectivity index (χ2n) is 15.1. The van der Waals surface area contributed by atoms with E-state index in [4.69, 9.17) is 9.47 Å². The van der Waals surface area contributed by atoms with Crippen molar-refractivity contribution in [2.45, 2.75) is 207 Å². The van der Waals surface area contributed by atoms with E-state index in [1.54, 1.807) is 0 Å². The van der Waals surface area contributed by atoms with Gasteiger partial charge in [-0.25, -0.2) is 18.7 Å². The Balaban J connectivity index is 0.0000140. The van der Waals surface area contributed by atoms with Gasteiger partial charge >= 0.3 is 11.9 Å². The minimum Gasteiger partial charge on any atom is -1.00 e. The lowest BCUT2D eigenvalue weighted by molar-refractivity contribution is -0.697. The lowest BCUT2D eigenvalue weighted by Gasteiger charge is -2.06. The smallest absolute Gasteiger partial charge is 0.338 e. The summed E-state index contributed by atoms with van der Waals surface area (Å²) < 4.78 is 15.3. The summed E-state index contributed by atoms with van der Waals surface area (Å²) >= 11 is 0. The fourth-order valence-corrected chi connectivity index (χ4v) is 6.81. The normalized spacial score (nSPS) is 10.8. The molecule has 310 valence electrons. The van der Waals surface area contributed by atoms with Crippen LogP contribution in [0.5, 0.6) is 0 Å². The maximum absolute atomic E-state index is 12.5. The monoisotopic (exact) mass is 976 g/mol. The first-order chi connectivity index (χ1) is 25.6. The third kappa shape index (κ3) is 29.0. The molecule has 0 N–H and O–H groups in total. The van der Waals surface area contributed by atoms with Crippen molar-refractivity contribution in [3.8, 4) is 0 Å². The number of halogens is 2. The molecule has 0 aliphatic carbocycles. The van der Waals surface area contributed by atoms with E-state index in [1.165, 1.54) is 154 Å². The van der Waals surface area contributed by atoms with Gasteiger partial charge in [0.05, 0.1) is 24.3 Å². The molecular formula is C46H78I2N2O4. The van der Waals surface area contributed by atoms with Crippen LogP contribution in [0.25, 0.3) is 0 Å². The van der Waals surface area contributed by atoms with Gasteiger partial charge in [0, 0.05) is 37.1 Å². The Hall–Kier alpha value is -1.30. The Bertz CT molecular complexity index is 1040. The van der Waals surface area contributed by atoms with Crippen LogP contribution in [-0.2, 0) is 22.6 Å². The van der Waals surface area contributed by atoms with E-state index in [9.17, 15) is 9.59 Å². The van der Waals surface area contributed by atoms with Crippen LogP contribution in [0.4, 0.5) is 0 Å². The first-order valence-electron chi connectivity index (χ1n) is 22.0. The Morgan fingerprint density at radius 2 is 0.630 bits per heavy atom. The van der Waals surface area contributed by atoms with Crippen molar-refractivity contribution in [2.75, 3.05) is 13.2 Å². The first kappa shape index (κ1) is 52.7. The van der Waals surface area contributed by atoms with Crippen molar-refractivity contribution in [2.24, 2.45) is 0 Å². The molecule has 0 aromatic carbocycles. The van der Waals surface area contributed by atoms with E-state index in [2.05, 4.69) is 23.0 Å². The van der Waals surface area contributed by atoms with Crippen molar-refractivity contribution >= 4 is 11.9 Å². The molecule has 0 amide bonds. The van der Waals surface area contributed by atoms with Crippen molar-refractivity contribution in [1.82, 2.24) is 0 Å². The number of ether oxygens (including phenoxy) is 2. The Labute approximate surface area is 365 Å².